The quantitative estimate of drug-likeness (QED) is 0.797. The van der Waals surface area contributed by atoms with E-state index in [0.29, 0.717) is 15.6 Å². The maximum atomic E-state index is 12.2. The Kier molecular flexibility index (Phi) is 3.50. The van der Waals surface area contributed by atoms with Gasteiger partial charge in [-0.25, -0.2) is 4.98 Å². The first-order valence-electron chi connectivity index (χ1n) is 5.06. The summed E-state index contributed by atoms with van der Waals surface area (Å²) in [4.78, 5) is 16.1. The van der Waals surface area contributed by atoms with E-state index in [1.807, 2.05) is 0 Å². The predicted octanol–water partition coefficient (Wildman–Crippen LogP) is 3.63. The number of benzene rings is 1. The van der Waals surface area contributed by atoms with Gasteiger partial charge in [-0.2, -0.15) is 0 Å². The fraction of sp³-hybridized carbons (Fsp3) is 0.167. The number of hydrogen-bond acceptors (Lipinski definition) is 2. The lowest BCUT2D eigenvalue weighted by Gasteiger charge is -2.12. The van der Waals surface area contributed by atoms with Crippen LogP contribution in [0.3, 0.4) is 0 Å². The van der Waals surface area contributed by atoms with Crippen molar-refractivity contribution in [2.75, 3.05) is 0 Å². The third-order valence-electron chi connectivity index (χ3n) is 2.55. The molecule has 0 aliphatic rings. The van der Waals surface area contributed by atoms with Crippen LogP contribution < -0.4 is 0 Å². The maximum absolute atomic E-state index is 12.2. The van der Waals surface area contributed by atoms with Gasteiger partial charge >= 0.3 is 0 Å². The van der Waals surface area contributed by atoms with Crippen molar-refractivity contribution in [2.45, 2.75) is 13.0 Å². The zero-order valence-electron chi connectivity index (χ0n) is 9.10. The Morgan fingerprint density at radius 1 is 1.41 bits per heavy atom. The van der Waals surface area contributed by atoms with Crippen molar-refractivity contribution in [1.82, 2.24) is 9.55 Å². The van der Waals surface area contributed by atoms with E-state index in [4.69, 9.17) is 23.2 Å². The van der Waals surface area contributed by atoms with Crippen LogP contribution in [0.4, 0.5) is 0 Å². The van der Waals surface area contributed by atoms with Crippen LogP contribution in [0.15, 0.2) is 36.9 Å². The molecule has 0 N–H and O–H groups in total. The number of halogens is 2. The smallest absolute Gasteiger partial charge is 0.186 e. The van der Waals surface area contributed by atoms with E-state index in [1.54, 1.807) is 48.4 Å². The lowest BCUT2D eigenvalue weighted by Crippen LogP contribution is -2.15. The third kappa shape index (κ3) is 2.51. The lowest BCUT2D eigenvalue weighted by atomic mass is 10.1. The summed E-state index contributed by atoms with van der Waals surface area (Å²) >= 11 is 11.8. The molecule has 88 valence electrons. The molecule has 5 heteroatoms. The number of rotatable bonds is 3. The van der Waals surface area contributed by atoms with Gasteiger partial charge in [0.25, 0.3) is 0 Å². The summed E-state index contributed by atoms with van der Waals surface area (Å²) in [5.74, 6) is -0.0651. The molecule has 1 heterocycles. The molecule has 0 radical (unpaired) electrons. The number of imidazole rings is 1. The first kappa shape index (κ1) is 12.1. The lowest BCUT2D eigenvalue weighted by molar-refractivity contribution is 0.0935. The van der Waals surface area contributed by atoms with Crippen LogP contribution in [0.1, 0.15) is 23.3 Å². The summed E-state index contributed by atoms with van der Waals surface area (Å²) in [7, 11) is 0. The number of Topliss-reactive ketones (excluding diaryl/α,β-unsaturated/α-hetero) is 1. The van der Waals surface area contributed by atoms with E-state index in [2.05, 4.69) is 4.98 Å². The van der Waals surface area contributed by atoms with E-state index in [9.17, 15) is 4.79 Å². The molecule has 1 aromatic carbocycles. The van der Waals surface area contributed by atoms with Crippen LogP contribution in [-0.4, -0.2) is 15.3 Å². The maximum Gasteiger partial charge on any atom is 0.186 e. The van der Waals surface area contributed by atoms with E-state index in [-0.39, 0.29) is 11.8 Å². The van der Waals surface area contributed by atoms with Gasteiger partial charge in [-0.15, -0.1) is 0 Å². The van der Waals surface area contributed by atoms with Crippen molar-refractivity contribution >= 4 is 29.0 Å². The largest absolute Gasteiger partial charge is 0.327 e. The summed E-state index contributed by atoms with van der Waals surface area (Å²) in [6.07, 6.45) is 4.98. The zero-order valence-corrected chi connectivity index (χ0v) is 10.6. The first-order chi connectivity index (χ1) is 8.09. The van der Waals surface area contributed by atoms with Crippen molar-refractivity contribution in [1.29, 1.82) is 0 Å². The van der Waals surface area contributed by atoms with E-state index in [0.717, 1.165) is 0 Å². The Labute approximate surface area is 109 Å². The van der Waals surface area contributed by atoms with Crippen molar-refractivity contribution < 1.29 is 4.79 Å². The van der Waals surface area contributed by atoms with Crippen LogP contribution in [0.2, 0.25) is 10.0 Å². The van der Waals surface area contributed by atoms with Gasteiger partial charge in [0.2, 0.25) is 0 Å². The summed E-state index contributed by atoms with van der Waals surface area (Å²) in [5, 5.41) is 0.885. The van der Waals surface area contributed by atoms with Gasteiger partial charge in [-0.3, -0.25) is 4.79 Å². The SMILES string of the molecule is C[C@H](C(=O)c1ccc(Cl)cc1Cl)n1ccnc1. The van der Waals surface area contributed by atoms with Crippen LogP contribution in [0, 0.1) is 0 Å². The Balaban J connectivity index is 2.31. The number of nitrogens with zero attached hydrogens (tertiary/aromatic N) is 2. The highest BCUT2D eigenvalue weighted by Crippen LogP contribution is 2.24. The monoisotopic (exact) mass is 268 g/mol. The van der Waals surface area contributed by atoms with Gasteiger partial charge in [0.15, 0.2) is 5.78 Å². The fourth-order valence-corrected chi connectivity index (χ4v) is 2.05. The van der Waals surface area contributed by atoms with Crippen molar-refractivity contribution in [2.24, 2.45) is 0 Å². The minimum Gasteiger partial charge on any atom is -0.327 e. The highest BCUT2D eigenvalue weighted by atomic mass is 35.5. The Hall–Kier alpha value is -1.32. The van der Waals surface area contributed by atoms with Gasteiger partial charge in [0.05, 0.1) is 17.4 Å². The minimum atomic E-state index is -0.337. The Bertz CT molecular complexity index is 537. The van der Waals surface area contributed by atoms with Crippen molar-refractivity contribution in [3.63, 3.8) is 0 Å². The van der Waals surface area contributed by atoms with E-state index in [1.165, 1.54) is 0 Å². The second kappa shape index (κ2) is 4.90. The first-order valence-corrected chi connectivity index (χ1v) is 5.82. The standard InChI is InChI=1S/C12H10Cl2N2O/c1-8(16-5-4-15-7-16)12(17)10-3-2-9(13)6-11(10)14/h2-8H,1H3/t8-/m1/s1. The third-order valence-corrected chi connectivity index (χ3v) is 3.10. The van der Waals surface area contributed by atoms with Gasteiger partial charge in [-0.05, 0) is 25.1 Å². The van der Waals surface area contributed by atoms with E-state index >= 15 is 0 Å². The van der Waals surface area contributed by atoms with Gasteiger partial charge in [0, 0.05) is 23.0 Å². The van der Waals surface area contributed by atoms with Gasteiger partial charge in [0.1, 0.15) is 0 Å². The van der Waals surface area contributed by atoms with Crippen molar-refractivity contribution in [3.8, 4) is 0 Å². The average Bonchev–Trinajstić information content (AvgIpc) is 2.80. The molecule has 0 saturated carbocycles. The fourth-order valence-electron chi connectivity index (χ4n) is 1.55. The molecule has 0 aliphatic carbocycles. The van der Waals surface area contributed by atoms with E-state index < -0.39 is 0 Å². The number of carbonyl (C=O) groups excluding carboxylic acids is 1. The van der Waals surface area contributed by atoms with Gasteiger partial charge < -0.3 is 4.57 Å². The van der Waals surface area contributed by atoms with Crippen LogP contribution >= 0.6 is 23.2 Å². The molecule has 1 atom stereocenters. The molecular weight excluding hydrogens is 259 g/mol. The normalized spacial score (nSPS) is 12.4. The predicted molar refractivity (Wildman–Crippen MR) is 67.7 cm³/mol. The molecule has 1 aromatic heterocycles. The topological polar surface area (TPSA) is 34.9 Å². The molecule has 2 aromatic rings. The summed E-state index contributed by atoms with van der Waals surface area (Å²) < 4.78 is 1.73. The highest BCUT2D eigenvalue weighted by Gasteiger charge is 2.18. The number of hydrogen-bond donors (Lipinski definition) is 0. The highest BCUT2D eigenvalue weighted by molar-refractivity contribution is 6.36. The molecule has 0 aliphatic heterocycles. The number of aromatic nitrogens is 2. The molecule has 0 amide bonds. The second-order valence-corrected chi connectivity index (χ2v) is 4.52. The molecule has 3 nitrogen and oxygen atoms in total. The average molecular weight is 269 g/mol. The Morgan fingerprint density at radius 2 is 2.18 bits per heavy atom. The molecule has 0 spiro atoms. The number of ketones is 1. The van der Waals surface area contributed by atoms with Crippen LogP contribution in [0.5, 0.6) is 0 Å². The van der Waals surface area contributed by atoms with Crippen LogP contribution in [-0.2, 0) is 0 Å². The summed E-state index contributed by atoms with van der Waals surface area (Å²) in [5.41, 5.74) is 0.470. The number of carbonyl (C=O) groups is 1. The zero-order chi connectivity index (χ0) is 12.4. The molecule has 0 fully saturated rings. The minimum absolute atomic E-state index is 0.0651. The second-order valence-electron chi connectivity index (χ2n) is 3.67. The van der Waals surface area contributed by atoms with Crippen LogP contribution in [0.25, 0.3) is 0 Å². The van der Waals surface area contributed by atoms with Crippen molar-refractivity contribution in [3.05, 3.63) is 52.5 Å². The molecule has 0 unspecified atom stereocenters. The summed E-state index contributed by atoms with van der Waals surface area (Å²) in [6, 6.07) is 4.52. The molecule has 2 rings (SSSR count). The molecule has 0 saturated heterocycles. The molecular formula is C12H10Cl2N2O. The Morgan fingerprint density at radius 3 is 2.76 bits per heavy atom. The summed E-state index contributed by atoms with van der Waals surface area (Å²) in [6.45, 7) is 1.80. The molecule has 0 bridgehead atoms. The van der Waals surface area contributed by atoms with Gasteiger partial charge in [-0.1, -0.05) is 23.2 Å². The molecule has 17 heavy (non-hydrogen) atoms.